The lowest BCUT2D eigenvalue weighted by atomic mass is 9.78. The summed E-state index contributed by atoms with van der Waals surface area (Å²) in [5.41, 5.74) is 1.11. The molecule has 2 atom stereocenters. The molecule has 2 unspecified atom stereocenters. The highest BCUT2D eigenvalue weighted by molar-refractivity contribution is 5.94. The molecule has 106 valence electrons. The van der Waals surface area contributed by atoms with Gasteiger partial charge < -0.3 is 5.32 Å². The van der Waals surface area contributed by atoms with Crippen LogP contribution in [0.25, 0.3) is 0 Å². The van der Waals surface area contributed by atoms with Crippen LogP contribution in [0.3, 0.4) is 0 Å². The Morgan fingerprint density at radius 2 is 2.10 bits per heavy atom. The SMILES string of the molecule is CC(C)C1CCCCC1NC(=O)c1cccc(C#N)c1. The van der Waals surface area contributed by atoms with Crippen molar-refractivity contribution in [3.8, 4) is 6.07 Å². The molecular weight excluding hydrogens is 248 g/mol. The minimum atomic E-state index is -0.0559. The van der Waals surface area contributed by atoms with Gasteiger partial charge in [0.05, 0.1) is 11.6 Å². The monoisotopic (exact) mass is 270 g/mol. The minimum absolute atomic E-state index is 0.0559. The van der Waals surface area contributed by atoms with Gasteiger partial charge in [0.1, 0.15) is 0 Å². The number of rotatable bonds is 3. The summed E-state index contributed by atoms with van der Waals surface area (Å²) in [5, 5.41) is 12.1. The van der Waals surface area contributed by atoms with E-state index in [-0.39, 0.29) is 11.9 Å². The molecule has 0 bridgehead atoms. The molecule has 1 aliphatic carbocycles. The highest BCUT2D eigenvalue weighted by atomic mass is 16.1. The topological polar surface area (TPSA) is 52.9 Å². The Morgan fingerprint density at radius 1 is 1.35 bits per heavy atom. The number of nitriles is 1. The number of carbonyl (C=O) groups is 1. The van der Waals surface area contributed by atoms with Crippen molar-refractivity contribution >= 4 is 5.91 Å². The standard InChI is InChI=1S/C17H22N2O/c1-12(2)15-8-3-4-9-16(15)19-17(20)14-7-5-6-13(10-14)11-18/h5-7,10,12,15-16H,3-4,8-9H2,1-2H3,(H,19,20). The van der Waals surface area contributed by atoms with Crippen LogP contribution in [0.5, 0.6) is 0 Å². The van der Waals surface area contributed by atoms with Crippen LogP contribution in [-0.2, 0) is 0 Å². The molecule has 0 radical (unpaired) electrons. The van der Waals surface area contributed by atoms with Gasteiger partial charge in [-0.3, -0.25) is 4.79 Å². The Morgan fingerprint density at radius 3 is 2.80 bits per heavy atom. The summed E-state index contributed by atoms with van der Waals surface area (Å²) >= 11 is 0. The van der Waals surface area contributed by atoms with Crippen LogP contribution in [0.4, 0.5) is 0 Å². The molecule has 1 saturated carbocycles. The first kappa shape index (κ1) is 14.6. The molecule has 1 aromatic carbocycles. The van der Waals surface area contributed by atoms with Crippen molar-refractivity contribution in [3.05, 3.63) is 35.4 Å². The summed E-state index contributed by atoms with van der Waals surface area (Å²) in [4.78, 5) is 12.3. The van der Waals surface area contributed by atoms with Crippen molar-refractivity contribution < 1.29 is 4.79 Å². The molecular formula is C17H22N2O. The highest BCUT2D eigenvalue weighted by Gasteiger charge is 2.28. The zero-order chi connectivity index (χ0) is 14.5. The summed E-state index contributed by atoms with van der Waals surface area (Å²) in [7, 11) is 0. The van der Waals surface area contributed by atoms with Gasteiger partial charge in [0.15, 0.2) is 0 Å². The van der Waals surface area contributed by atoms with Crippen LogP contribution in [-0.4, -0.2) is 11.9 Å². The average Bonchev–Trinajstić information content (AvgIpc) is 2.47. The third kappa shape index (κ3) is 3.39. The number of amides is 1. The van der Waals surface area contributed by atoms with Crippen LogP contribution < -0.4 is 5.32 Å². The van der Waals surface area contributed by atoms with Crippen molar-refractivity contribution in [2.24, 2.45) is 11.8 Å². The lowest BCUT2D eigenvalue weighted by Crippen LogP contribution is -2.43. The van der Waals surface area contributed by atoms with E-state index in [1.807, 2.05) is 0 Å². The normalized spacial score (nSPS) is 22.3. The Bertz CT molecular complexity index is 516. The van der Waals surface area contributed by atoms with Crippen molar-refractivity contribution in [1.29, 1.82) is 5.26 Å². The van der Waals surface area contributed by atoms with Gasteiger partial charge in [-0.15, -0.1) is 0 Å². The third-order valence-electron chi connectivity index (χ3n) is 4.25. The second-order valence-electron chi connectivity index (χ2n) is 5.96. The summed E-state index contributed by atoms with van der Waals surface area (Å²) in [6.45, 7) is 4.46. The van der Waals surface area contributed by atoms with E-state index in [0.717, 1.165) is 6.42 Å². The third-order valence-corrected chi connectivity index (χ3v) is 4.25. The molecule has 0 spiro atoms. The summed E-state index contributed by atoms with van der Waals surface area (Å²) in [6.07, 6.45) is 4.71. The van der Waals surface area contributed by atoms with Crippen LogP contribution >= 0.6 is 0 Å². The highest BCUT2D eigenvalue weighted by Crippen LogP contribution is 2.30. The fourth-order valence-electron chi connectivity index (χ4n) is 3.12. The summed E-state index contributed by atoms with van der Waals surface area (Å²) in [5.74, 6) is 1.09. The van der Waals surface area contributed by atoms with Gasteiger partial charge in [0, 0.05) is 11.6 Å². The first-order valence-corrected chi connectivity index (χ1v) is 7.43. The van der Waals surface area contributed by atoms with E-state index < -0.39 is 0 Å². The van der Waals surface area contributed by atoms with E-state index in [1.165, 1.54) is 19.3 Å². The molecule has 1 N–H and O–H groups in total. The number of nitrogens with zero attached hydrogens (tertiary/aromatic N) is 1. The van der Waals surface area contributed by atoms with E-state index >= 15 is 0 Å². The van der Waals surface area contributed by atoms with Crippen molar-refractivity contribution in [2.75, 3.05) is 0 Å². The first-order valence-electron chi connectivity index (χ1n) is 7.43. The van der Waals surface area contributed by atoms with Crippen molar-refractivity contribution in [3.63, 3.8) is 0 Å². The van der Waals surface area contributed by atoms with Gasteiger partial charge in [-0.05, 0) is 42.9 Å². The van der Waals surface area contributed by atoms with Gasteiger partial charge in [-0.2, -0.15) is 5.26 Å². The van der Waals surface area contributed by atoms with E-state index in [9.17, 15) is 4.79 Å². The van der Waals surface area contributed by atoms with E-state index in [2.05, 4.69) is 25.2 Å². The Balaban J connectivity index is 2.08. The molecule has 1 aromatic rings. The maximum Gasteiger partial charge on any atom is 0.251 e. The minimum Gasteiger partial charge on any atom is -0.349 e. The van der Waals surface area contributed by atoms with Crippen LogP contribution in [0.2, 0.25) is 0 Å². The molecule has 3 nitrogen and oxygen atoms in total. The van der Waals surface area contributed by atoms with Crippen molar-refractivity contribution in [1.82, 2.24) is 5.32 Å². The maximum atomic E-state index is 12.3. The lowest BCUT2D eigenvalue weighted by Gasteiger charge is -2.34. The predicted octanol–water partition coefficient (Wildman–Crippen LogP) is 3.50. The molecule has 0 saturated heterocycles. The predicted molar refractivity (Wildman–Crippen MR) is 79.2 cm³/mol. The van der Waals surface area contributed by atoms with Gasteiger partial charge in [-0.25, -0.2) is 0 Å². The smallest absolute Gasteiger partial charge is 0.251 e. The lowest BCUT2D eigenvalue weighted by molar-refractivity contribution is 0.0889. The quantitative estimate of drug-likeness (QED) is 0.913. The van der Waals surface area contributed by atoms with Crippen molar-refractivity contribution in [2.45, 2.75) is 45.6 Å². The number of benzene rings is 1. The molecule has 0 heterocycles. The average molecular weight is 270 g/mol. The van der Waals surface area contributed by atoms with Gasteiger partial charge >= 0.3 is 0 Å². The first-order chi connectivity index (χ1) is 9.61. The molecule has 1 amide bonds. The van der Waals surface area contributed by atoms with E-state index in [1.54, 1.807) is 24.3 Å². The molecule has 2 rings (SSSR count). The molecule has 1 aliphatic rings. The molecule has 0 aromatic heterocycles. The van der Waals surface area contributed by atoms with Crippen LogP contribution in [0.1, 0.15) is 55.5 Å². The molecule has 0 aliphatic heterocycles. The fourth-order valence-corrected chi connectivity index (χ4v) is 3.12. The number of carbonyl (C=O) groups excluding carboxylic acids is 1. The van der Waals surface area contributed by atoms with Crippen LogP contribution in [0.15, 0.2) is 24.3 Å². The number of hydrogen-bond acceptors (Lipinski definition) is 2. The molecule has 3 heteroatoms. The largest absolute Gasteiger partial charge is 0.349 e. The zero-order valence-electron chi connectivity index (χ0n) is 12.2. The summed E-state index contributed by atoms with van der Waals surface area (Å²) in [6, 6.07) is 9.24. The van der Waals surface area contributed by atoms with Crippen LogP contribution in [0, 0.1) is 23.2 Å². The van der Waals surface area contributed by atoms with Gasteiger partial charge in [0.2, 0.25) is 0 Å². The van der Waals surface area contributed by atoms with E-state index in [0.29, 0.717) is 23.0 Å². The zero-order valence-corrected chi connectivity index (χ0v) is 12.2. The maximum absolute atomic E-state index is 12.3. The number of nitrogens with one attached hydrogen (secondary N) is 1. The Hall–Kier alpha value is -1.82. The van der Waals surface area contributed by atoms with Gasteiger partial charge in [-0.1, -0.05) is 32.8 Å². The fraction of sp³-hybridized carbons (Fsp3) is 0.529. The second-order valence-corrected chi connectivity index (χ2v) is 5.96. The van der Waals surface area contributed by atoms with E-state index in [4.69, 9.17) is 5.26 Å². The Kier molecular flexibility index (Phi) is 4.79. The number of hydrogen-bond donors (Lipinski definition) is 1. The Labute approximate surface area is 121 Å². The molecule has 20 heavy (non-hydrogen) atoms. The summed E-state index contributed by atoms with van der Waals surface area (Å²) < 4.78 is 0. The van der Waals surface area contributed by atoms with Gasteiger partial charge in [0.25, 0.3) is 5.91 Å². The molecule has 1 fully saturated rings. The second kappa shape index (κ2) is 6.56.